The fourth-order valence-corrected chi connectivity index (χ4v) is 1.84. The van der Waals surface area contributed by atoms with E-state index in [-0.39, 0.29) is 18.1 Å². The van der Waals surface area contributed by atoms with Crippen LogP contribution < -0.4 is 10.6 Å². The summed E-state index contributed by atoms with van der Waals surface area (Å²) in [4.78, 5) is 24.3. The first-order valence-corrected chi connectivity index (χ1v) is 7.21. The van der Waals surface area contributed by atoms with Crippen LogP contribution >= 0.6 is 0 Å². The van der Waals surface area contributed by atoms with Crippen LogP contribution in [0.3, 0.4) is 0 Å². The summed E-state index contributed by atoms with van der Waals surface area (Å²) >= 11 is 0. The first kappa shape index (κ1) is 16.5. The molecule has 0 saturated heterocycles. The molecule has 6 heteroatoms. The first-order valence-electron chi connectivity index (χ1n) is 7.21. The lowest BCUT2D eigenvalue weighted by Gasteiger charge is -2.10. The lowest BCUT2D eigenvalue weighted by atomic mass is 10.2. The van der Waals surface area contributed by atoms with E-state index in [1.165, 1.54) is 12.3 Å². The summed E-state index contributed by atoms with van der Waals surface area (Å²) in [6.45, 7) is 0.300. The fraction of sp³-hybridized carbons (Fsp3) is 0.176. The summed E-state index contributed by atoms with van der Waals surface area (Å²) in [6, 6.07) is 12.3. The number of nitrogens with one attached hydrogen (secondary N) is 2. The molecule has 120 valence electrons. The van der Waals surface area contributed by atoms with Gasteiger partial charge in [0, 0.05) is 13.2 Å². The van der Waals surface area contributed by atoms with Gasteiger partial charge in [0.15, 0.2) is 5.76 Å². The van der Waals surface area contributed by atoms with Crippen LogP contribution in [0, 0.1) is 0 Å². The molecule has 0 saturated carbocycles. The number of amides is 2. The minimum Gasteiger partial charge on any atom is -0.459 e. The Morgan fingerprint density at radius 3 is 2.57 bits per heavy atom. The molecule has 0 unspecified atom stereocenters. The van der Waals surface area contributed by atoms with E-state index in [0.717, 1.165) is 5.56 Å². The monoisotopic (exact) mass is 314 g/mol. The highest BCUT2D eigenvalue weighted by molar-refractivity contribution is 6.04. The van der Waals surface area contributed by atoms with Crippen LogP contribution in [0.5, 0.6) is 0 Å². The molecule has 0 spiro atoms. The van der Waals surface area contributed by atoms with Gasteiger partial charge in [-0.2, -0.15) is 0 Å². The molecule has 1 aromatic carbocycles. The van der Waals surface area contributed by atoms with Crippen molar-refractivity contribution in [3.63, 3.8) is 0 Å². The standard InChI is InChI=1S/C17H18N2O4/c20-10-5-9-18-16(21)14(12-13-6-2-1-3-7-13)19-17(22)15-8-4-11-23-15/h1-4,6-8,11-12,20H,5,9-10H2,(H,18,21)(H,19,22)/b14-12-. The second kappa shape index (κ2) is 8.55. The van der Waals surface area contributed by atoms with Gasteiger partial charge in [-0.05, 0) is 30.2 Å². The minimum absolute atomic E-state index is 0.0171. The number of benzene rings is 1. The molecule has 23 heavy (non-hydrogen) atoms. The van der Waals surface area contributed by atoms with Crippen molar-refractivity contribution in [1.82, 2.24) is 10.6 Å². The Balaban J connectivity index is 2.15. The van der Waals surface area contributed by atoms with Crippen molar-refractivity contribution in [2.45, 2.75) is 6.42 Å². The van der Waals surface area contributed by atoms with Gasteiger partial charge in [-0.3, -0.25) is 9.59 Å². The molecule has 0 fully saturated rings. The Hall–Kier alpha value is -2.86. The van der Waals surface area contributed by atoms with Crippen LogP contribution in [0.15, 0.2) is 58.8 Å². The van der Waals surface area contributed by atoms with E-state index in [4.69, 9.17) is 9.52 Å². The van der Waals surface area contributed by atoms with Crippen molar-refractivity contribution in [1.29, 1.82) is 0 Å². The van der Waals surface area contributed by atoms with Crippen molar-refractivity contribution in [3.8, 4) is 0 Å². The van der Waals surface area contributed by atoms with Gasteiger partial charge in [0.05, 0.1) is 6.26 Å². The third-order valence-electron chi connectivity index (χ3n) is 2.97. The van der Waals surface area contributed by atoms with Crippen molar-refractivity contribution in [2.75, 3.05) is 13.2 Å². The maximum absolute atomic E-state index is 12.2. The van der Waals surface area contributed by atoms with Crippen molar-refractivity contribution in [3.05, 3.63) is 65.7 Å². The van der Waals surface area contributed by atoms with Crippen LogP contribution in [0.1, 0.15) is 22.5 Å². The predicted molar refractivity (Wildman–Crippen MR) is 85.3 cm³/mol. The second-order valence-corrected chi connectivity index (χ2v) is 4.73. The zero-order chi connectivity index (χ0) is 16.5. The van der Waals surface area contributed by atoms with Gasteiger partial charge < -0.3 is 20.2 Å². The Morgan fingerprint density at radius 2 is 1.91 bits per heavy atom. The predicted octanol–water partition coefficient (Wildman–Crippen LogP) is 1.55. The van der Waals surface area contributed by atoms with E-state index < -0.39 is 11.8 Å². The summed E-state index contributed by atoms with van der Waals surface area (Å²) in [5, 5.41) is 14.0. The van der Waals surface area contributed by atoms with Gasteiger partial charge in [-0.25, -0.2) is 0 Å². The topological polar surface area (TPSA) is 91.6 Å². The number of aliphatic hydroxyl groups excluding tert-OH is 1. The van der Waals surface area contributed by atoms with Crippen LogP contribution in [-0.4, -0.2) is 30.1 Å². The SMILES string of the molecule is O=C(NCCCO)/C(=C/c1ccccc1)NC(=O)c1ccco1. The molecule has 2 amide bonds. The van der Waals surface area contributed by atoms with Gasteiger partial charge >= 0.3 is 0 Å². The third-order valence-corrected chi connectivity index (χ3v) is 2.97. The van der Waals surface area contributed by atoms with Crippen molar-refractivity contribution in [2.24, 2.45) is 0 Å². The first-order chi connectivity index (χ1) is 11.2. The Labute approximate surface area is 133 Å². The van der Waals surface area contributed by atoms with E-state index >= 15 is 0 Å². The van der Waals surface area contributed by atoms with Crippen LogP contribution in [0.25, 0.3) is 6.08 Å². The minimum atomic E-state index is -0.505. The molecule has 6 nitrogen and oxygen atoms in total. The number of rotatable bonds is 7. The molecule has 1 aromatic heterocycles. The molecular formula is C17H18N2O4. The molecule has 0 aliphatic carbocycles. The van der Waals surface area contributed by atoms with Crippen LogP contribution in [0.4, 0.5) is 0 Å². The number of furan rings is 1. The normalized spacial score (nSPS) is 11.1. The Kier molecular flexibility index (Phi) is 6.14. The maximum atomic E-state index is 12.2. The molecule has 0 atom stereocenters. The van der Waals surface area contributed by atoms with Crippen molar-refractivity contribution < 1.29 is 19.1 Å². The molecule has 3 N–H and O–H groups in total. The van der Waals surface area contributed by atoms with E-state index in [1.54, 1.807) is 12.1 Å². The highest BCUT2D eigenvalue weighted by atomic mass is 16.3. The van der Waals surface area contributed by atoms with Gasteiger partial charge in [0.1, 0.15) is 5.70 Å². The lowest BCUT2D eigenvalue weighted by Crippen LogP contribution is -2.35. The third kappa shape index (κ3) is 5.12. The van der Waals surface area contributed by atoms with Gasteiger partial charge in [0.25, 0.3) is 11.8 Å². The number of hydrogen-bond donors (Lipinski definition) is 3. The highest BCUT2D eigenvalue weighted by Gasteiger charge is 2.15. The number of carbonyl (C=O) groups is 2. The largest absolute Gasteiger partial charge is 0.459 e. The molecule has 1 heterocycles. The molecule has 0 bridgehead atoms. The summed E-state index contributed by atoms with van der Waals surface area (Å²) in [5.74, 6) is -0.816. The van der Waals surface area contributed by atoms with Crippen LogP contribution in [0.2, 0.25) is 0 Å². The van der Waals surface area contributed by atoms with Crippen LogP contribution in [-0.2, 0) is 4.79 Å². The quantitative estimate of drug-likeness (QED) is 0.534. The zero-order valence-corrected chi connectivity index (χ0v) is 12.5. The van der Waals surface area contributed by atoms with E-state index in [1.807, 2.05) is 30.3 Å². The Morgan fingerprint density at radius 1 is 1.13 bits per heavy atom. The molecule has 0 radical (unpaired) electrons. The number of hydrogen-bond acceptors (Lipinski definition) is 4. The summed E-state index contributed by atoms with van der Waals surface area (Å²) in [6.07, 6.45) is 3.41. The fourth-order valence-electron chi connectivity index (χ4n) is 1.84. The lowest BCUT2D eigenvalue weighted by molar-refractivity contribution is -0.117. The number of aliphatic hydroxyl groups is 1. The molecule has 0 aliphatic rings. The van der Waals surface area contributed by atoms with Gasteiger partial charge in [-0.15, -0.1) is 0 Å². The molecule has 2 rings (SSSR count). The summed E-state index contributed by atoms with van der Waals surface area (Å²) < 4.78 is 5.02. The van der Waals surface area contributed by atoms with E-state index in [0.29, 0.717) is 13.0 Å². The summed E-state index contributed by atoms with van der Waals surface area (Å²) in [7, 11) is 0. The smallest absolute Gasteiger partial charge is 0.291 e. The average molecular weight is 314 g/mol. The number of carbonyl (C=O) groups excluding carboxylic acids is 2. The van der Waals surface area contributed by atoms with E-state index in [2.05, 4.69) is 10.6 Å². The van der Waals surface area contributed by atoms with Crippen molar-refractivity contribution >= 4 is 17.9 Å². The zero-order valence-electron chi connectivity index (χ0n) is 12.5. The summed E-state index contributed by atoms with van der Waals surface area (Å²) in [5.41, 5.74) is 0.884. The second-order valence-electron chi connectivity index (χ2n) is 4.73. The molecule has 2 aromatic rings. The average Bonchev–Trinajstić information content (AvgIpc) is 3.10. The molecular weight excluding hydrogens is 296 g/mol. The van der Waals surface area contributed by atoms with Gasteiger partial charge in [-0.1, -0.05) is 30.3 Å². The van der Waals surface area contributed by atoms with E-state index in [9.17, 15) is 9.59 Å². The molecule has 0 aliphatic heterocycles. The Bertz CT molecular complexity index is 663. The maximum Gasteiger partial charge on any atom is 0.291 e. The highest BCUT2D eigenvalue weighted by Crippen LogP contribution is 2.07. The van der Waals surface area contributed by atoms with Gasteiger partial charge in [0.2, 0.25) is 0 Å².